The molecule has 0 spiro atoms. The first-order valence-corrected chi connectivity index (χ1v) is 10.0. The van der Waals surface area contributed by atoms with E-state index in [4.69, 9.17) is 14.5 Å². The number of carbonyl (C=O) groups excluding carboxylic acids is 1. The molecule has 0 saturated heterocycles. The Morgan fingerprint density at radius 1 is 0.967 bits per heavy atom. The molecule has 2 aromatic heterocycles. The molecular weight excluding hydrogens is 398 g/mol. The molecule has 1 N–H and O–H groups in total. The van der Waals surface area contributed by atoms with Crippen molar-refractivity contribution < 1.29 is 14.3 Å². The van der Waals surface area contributed by atoms with E-state index in [1.54, 1.807) is 38.7 Å². The summed E-state index contributed by atoms with van der Waals surface area (Å²) in [6.45, 7) is 0. The van der Waals surface area contributed by atoms with Crippen molar-refractivity contribution >= 4 is 22.9 Å². The van der Waals surface area contributed by atoms with Gasteiger partial charge in [-0.3, -0.25) is 9.78 Å². The van der Waals surface area contributed by atoms with Crippen LogP contribution >= 0.6 is 11.3 Å². The Balaban J connectivity index is 1.82. The summed E-state index contributed by atoms with van der Waals surface area (Å²) in [4.78, 5) is 22.5. The van der Waals surface area contributed by atoms with Crippen molar-refractivity contribution in [2.75, 3.05) is 19.5 Å². The molecule has 4 aromatic rings. The largest absolute Gasteiger partial charge is 0.493 e. The van der Waals surface area contributed by atoms with E-state index in [0.717, 1.165) is 11.1 Å². The lowest BCUT2D eigenvalue weighted by molar-refractivity contribution is 0.103. The number of thiazole rings is 1. The third-order valence-electron chi connectivity index (χ3n) is 4.43. The number of anilines is 1. The average Bonchev–Trinajstić information content (AvgIpc) is 3.25. The fourth-order valence-corrected chi connectivity index (χ4v) is 4.07. The first-order chi connectivity index (χ1) is 14.7. The summed E-state index contributed by atoms with van der Waals surface area (Å²) in [5.41, 5.74) is 2.86. The zero-order valence-electron chi connectivity index (χ0n) is 16.5. The lowest BCUT2D eigenvalue weighted by Gasteiger charge is -2.10. The number of nitrogens with zero attached hydrogens (tertiary/aromatic N) is 2. The van der Waals surface area contributed by atoms with E-state index in [1.807, 2.05) is 48.5 Å². The van der Waals surface area contributed by atoms with Gasteiger partial charge in [-0.05, 0) is 24.3 Å². The molecule has 1 amide bonds. The van der Waals surface area contributed by atoms with Crippen LogP contribution in [0.3, 0.4) is 0 Å². The quantitative estimate of drug-likeness (QED) is 0.470. The highest BCUT2D eigenvalue weighted by atomic mass is 32.1. The number of ether oxygens (including phenoxy) is 2. The lowest BCUT2D eigenvalue weighted by Crippen LogP contribution is -2.11. The summed E-state index contributed by atoms with van der Waals surface area (Å²) >= 11 is 1.30. The third kappa shape index (κ3) is 3.88. The van der Waals surface area contributed by atoms with Crippen LogP contribution in [0.1, 0.15) is 9.67 Å². The average molecular weight is 417 g/mol. The number of carbonyl (C=O) groups is 1. The maximum Gasteiger partial charge on any atom is 0.268 e. The Hall–Kier alpha value is -3.71. The SMILES string of the molecule is COc1cccc(-c2nc(-c3ccccc3)c(C(=O)Nc3cccnc3)s2)c1OC. The van der Waals surface area contributed by atoms with Gasteiger partial charge in [-0.1, -0.05) is 36.4 Å². The van der Waals surface area contributed by atoms with E-state index < -0.39 is 0 Å². The van der Waals surface area contributed by atoms with E-state index >= 15 is 0 Å². The molecule has 0 radical (unpaired) electrons. The molecule has 0 unspecified atom stereocenters. The van der Waals surface area contributed by atoms with Crippen molar-refractivity contribution in [2.45, 2.75) is 0 Å². The third-order valence-corrected chi connectivity index (χ3v) is 5.52. The van der Waals surface area contributed by atoms with E-state index in [2.05, 4.69) is 10.3 Å². The van der Waals surface area contributed by atoms with Crippen molar-refractivity contribution in [3.63, 3.8) is 0 Å². The molecule has 0 saturated carbocycles. The van der Waals surface area contributed by atoms with Crippen LogP contribution in [0.15, 0.2) is 73.1 Å². The van der Waals surface area contributed by atoms with Crippen molar-refractivity contribution in [1.82, 2.24) is 9.97 Å². The molecule has 0 bridgehead atoms. The number of benzene rings is 2. The highest BCUT2D eigenvalue weighted by Gasteiger charge is 2.23. The van der Waals surface area contributed by atoms with Gasteiger partial charge in [-0.25, -0.2) is 4.98 Å². The Labute approximate surface area is 178 Å². The Morgan fingerprint density at radius 2 is 1.80 bits per heavy atom. The van der Waals surface area contributed by atoms with Gasteiger partial charge in [-0.15, -0.1) is 11.3 Å². The van der Waals surface area contributed by atoms with Crippen molar-refractivity contribution in [3.8, 4) is 33.3 Å². The smallest absolute Gasteiger partial charge is 0.268 e. The molecule has 0 aliphatic heterocycles. The molecule has 0 aliphatic rings. The van der Waals surface area contributed by atoms with Crippen molar-refractivity contribution in [1.29, 1.82) is 0 Å². The zero-order chi connectivity index (χ0) is 20.9. The minimum absolute atomic E-state index is 0.243. The predicted octanol–water partition coefficient (Wildman–Crippen LogP) is 5.14. The highest BCUT2D eigenvalue weighted by molar-refractivity contribution is 7.17. The summed E-state index contributed by atoms with van der Waals surface area (Å²) in [5, 5.41) is 3.56. The number of methoxy groups -OCH3 is 2. The first-order valence-electron chi connectivity index (χ1n) is 9.20. The van der Waals surface area contributed by atoms with Crippen LogP contribution in [0, 0.1) is 0 Å². The number of pyridine rings is 1. The number of amides is 1. The Bertz CT molecular complexity index is 1160. The van der Waals surface area contributed by atoms with Gasteiger partial charge < -0.3 is 14.8 Å². The molecule has 0 atom stereocenters. The number of hydrogen-bond acceptors (Lipinski definition) is 6. The molecule has 2 aromatic carbocycles. The Morgan fingerprint density at radius 3 is 2.50 bits per heavy atom. The number of para-hydroxylation sites is 1. The number of nitrogens with one attached hydrogen (secondary N) is 1. The molecule has 4 rings (SSSR count). The summed E-state index contributed by atoms with van der Waals surface area (Å²) < 4.78 is 11.0. The number of hydrogen-bond donors (Lipinski definition) is 1. The summed E-state index contributed by atoms with van der Waals surface area (Å²) in [6.07, 6.45) is 3.26. The van der Waals surface area contributed by atoms with Gasteiger partial charge in [-0.2, -0.15) is 0 Å². The monoisotopic (exact) mass is 417 g/mol. The number of aromatic nitrogens is 2. The lowest BCUT2D eigenvalue weighted by atomic mass is 10.1. The second-order valence-corrected chi connectivity index (χ2v) is 7.30. The second kappa shape index (κ2) is 8.75. The molecule has 0 aliphatic carbocycles. The molecule has 150 valence electrons. The van der Waals surface area contributed by atoms with E-state index in [1.165, 1.54) is 11.3 Å². The first kappa shape index (κ1) is 19.6. The van der Waals surface area contributed by atoms with Crippen LogP contribution in [0.25, 0.3) is 21.8 Å². The molecule has 0 fully saturated rings. The topological polar surface area (TPSA) is 73.3 Å². The van der Waals surface area contributed by atoms with Gasteiger partial charge in [0.2, 0.25) is 0 Å². The number of rotatable bonds is 6. The standard InChI is InChI=1S/C23H19N3O3S/c1-28-18-12-6-11-17(20(18)29-2)23-26-19(15-8-4-3-5-9-15)21(30-23)22(27)25-16-10-7-13-24-14-16/h3-14H,1-2H3,(H,25,27). The molecule has 30 heavy (non-hydrogen) atoms. The molecule has 6 nitrogen and oxygen atoms in total. The minimum Gasteiger partial charge on any atom is -0.493 e. The summed E-state index contributed by atoms with van der Waals surface area (Å²) in [5.74, 6) is 0.938. The van der Waals surface area contributed by atoms with Gasteiger partial charge in [0.1, 0.15) is 9.88 Å². The van der Waals surface area contributed by atoms with E-state index in [0.29, 0.717) is 32.8 Å². The fraction of sp³-hybridized carbons (Fsp3) is 0.0870. The van der Waals surface area contributed by atoms with Gasteiger partial charge >= 0.3 is 0 Å². The maximum atomic E-state index is 13.1. The minimum atomic E-state index is -0.243. The van der Waals surface area contributed by atoms with Crippen molar-refractivity contribution in [3.05, 3.63) is 77.9 Å². The molecule has 2 heterocycles. The predicted molar refractivity (Wildman–Crippen MR) is 118 cm³/mol. The van der Waals surface area contributed by atoms with Gasteiger partial charge in [0.05, 0.1) is 37.4 Å². The van der Waals surface area contributed by atoms with Gasteiger partial charge in [0, 0.05) is 11.8 Å². The van der Waals surface area contributed by atoms with E-state index in [-0.39, 0.29) is 5.91 Å². The maximum absolute atomic E-state index is 13.1. The normalized spacial score (nSPS) is 10.5. The van der Waals surface area contributed by atoms with Crippen LogP contribution in [0.4, 0.5) is 5.69 Å². The van der Waals surface area contributed by atoms with Crippen LogP contribution in [-0.4, -0.2) is 30.1 Å². The summed E-state index contributed by atoms with van der Waals surface area (Å²) in [7, 11) is 3.18. The van der Waals surface area contributed by atoms with Crippen LogP contribution in [-0.2, 0) is 0 Å². The van der Waals surface area contributed by atoms with Crippen LogP contribution in [0.5, 0.6) is 11.5 Å². The van der Waals surface area contributed by atoms with E-state index in [9.17, 15) is 4.79 Å². The highest BCUT2D eigenvalue weighted by Crippen LogP contribution is 2.42. The van der Waals surface area contributed by atoms with Crippen LogP contribution in [0.2, 0.25) is 0 Å². The molecular formula is C23H19N3O3S. The van der Waals surface area contributed by atoms with Gasteiger partial charge in [0.25, 0.3) is 5.91 Å². The zero-order valence-corrected chi connectivity index (χ0v) is 17.3. The summed E-state index contributed by atoms with van der Waals surface area (Å²) in [6, 6.07) is 18.8. The van der Waals surface area contributed by atoms with Crippen molar-refractivity contribution in [2.24, 2.45) is 0 Å². The van der Waals surface area contributed by atoms with Gasteiger partial charge in [0.15, 0.2) is 11.5 Å². The Kier molecular flexibility index (Phi) is 5.72. The molecule has 7 heteroatoms. The fourth-order valence-electron chi connectivity index (χ4n) is 3.06. The second-order valence-electron chi connectivity index (χ2n) is 6.30. The van der Waals surface area contributed by atoms with Crippen LogP contribution < -0.4 is 14.8 Å².